The summed E-state index contributed by atoms with van der Waals surface area (Å²) in [7, 11) is 0. The highest BCUT2D eigenvalue weighted by molar-refractivity contribution is 9.16. The van der Waals surface area contributed by atoms with Gasteiger partial charge in [-0.1, -0.05) is 6.92 Å². The molecule has 0 saturated carbocycles. The monoisotopic (exact) mass is 975 g/mol. The molecule has 2 aromatic carbocycles. The van der Waals surface area contributed by atoms with Gasteiger partial charge in [-0.25, -0.2) is 0 Å². The van der Waals surface area contributed by atoms with Crippen molar-refractivity contribution in [3.05, 3.63) is 55.9 Å². The van der Waals surface area contributed by atoms with Crippen molar-refractivity contribution < 1.29 is 0 Å². The molecule has 0 nitrogen and oxygen atoms in total. The first-order valence-corrected chi connectivity index (χ1v) is 14.4. The lowest BCUT2D eigenvalue weighted by Crippen LogP contribution is -2.04. The Morgan fingerprint density at radius 1 is 0.480 bits per heavy atom. The summed E-state index contributed by atoms with van der Waals surface area (Å²) in [4.78, 5) is 0. The number of hydrogen-bond acceptors (Lipinski definition) is 0. The Balaban J connectivity index is 2.58. The molecule has 0 amide bonds. The van der Waals surface area contributed by atoms with Crippen LogP contribution in [0.25, 0.3) is 0 Å². The highest BCUT2D eigenvalue weighted by Gasteiger charge is 2.25. The third kappa shape index (κ3) is 4.94. The van der Waals surface area contributed by atoms with Crippen molar-refractivity contribution in [1.29, 1.82) is 0 Å². The molecule has 2 rings (SSSR count). The number of hydrogen-bond donors (Lipinski definition) is 0. The van der Waals surface area contributed by atoms with Gasteiger partial charge in [-0.05, 0) is 183 Å². The van der Waals surface area contributed by atoms with Crippen LogP contribution in [-0.2, 0) is 6.42 Å². The molecule has 1 unspecified atom stereocenters. The van der Waals surface area contributed by atoms with Gasteiger partial charge < -0.3 is 0 Å². The Bertz CT molecular complexity index is 800. The molecule has 0 fully saturated rings. The second-order valence-corrected chi connectivity index (χ2v) is 13.1. The van der Waals surface area contributed by atoms with E-state index in [2.05, 4.69) is 166 Å². The van der Waals surface area contributed by atoms with E-state index in [1.165, 1.54) is 11.1 Å². The van der Waals surface area contributed by atoms with Crippen molar-refractivity contribution in [1.82, 2.24) is 0 Å². The van der Waals surface area contributed by atoms with Crippen LogP contribution in [0.3, 0.4) is 0 Å². The standard InChI is InChI=1S/C15H6Br10/c1-3(5-8(18)12(22)15(25)13(23)9(5)19)2-4-6(16)10(20)14(24)11(21)7(4)17/h3H,2H2,1H3. The van der Waals surface area contributed by atoms with Gasteiger partial charge in [0, 0.05) is 44.7 Å². The molecular formula is C15H6Br10. The van der Waals surface area contributed by atoms with Gasteiger partial charge in [0.15, 0.2) is 0 Å². The van der Waals surface area contributed by atoms with Gasteiger partial charge in [-0.3, -0.25) is 0 Å². The van der Waals surface area contributed by atoms with Crippen molar-refractivity contribution >= 4 is 159 Å². The lowest BCUT2D eigenvalue weighted by Gasteiger charge is -2.22. The molecule has 0 aliphatic carbocycles. The van der Waals surface area contributed by atoms with Gasteiger partial charge in [-0.15, -0.1) is 0 Å². The van der Waals surface area contributed by atoms with E-state index in [0.29, 0.717) is 0 Å². The minimum Gasteiger partial charge on any atom is -0.0580 e. The maximum Gasteiger partial charge on any atom is 0.0482 e. The Morgan fingerprint density at radius 3 is 1.12 bits per heavy atom. The molecule has 0 spiro atoms. The molecule has 0 radical (unpaired) electrons. The Labute approximate surface area is 230 Å². The molecule has 0 aliphatic heterocycles. The van der Waals surface area contributed by atoms with Crippen LogP contribution in [0.5, 0.6) is 0 Å². The van der Waals surface area contributed by atoms with E-state index < -0.39 is 0 Å². The van der Waals surface area contributed by atoms with E-state index in [1.807, 2.05) is 0 Å². The second-order valence-electron chi connectivity index (χ2n) is 5.14. The topological polar surface area (TPSA) is 0 Å². The van der Waals surface area contributed by atoms with Gasteiger partial charge in [-0.2, -0.15) is 0 Å². The fourth-order valence-electron chi connectivity index (χ4n) is 2.29. The largest absolute Gasteiger partial charge is 0.0580 e. The van der Waals surface area contributed by atoms with E-state index in [9.17, 15) is 0 Å². The van der Waals surface area contributed by atoms with Gasteiger partial charge in [0.25, 0.3) is 0 Å². The first-order chi connectivity index (χ1) is 11.5. The van der Waals surface area contributed by atoms with Crippen LogP contribution in [-0.4, -0.2) is 0 Å². The molecule has 1 atom stereocenters. The lowest BCUT2D eigenvalue weighted by molar-refractivity contribution is 0.743. The SMILES string of the molecule is CC(Cc1c(Br)c(Br)c(Br)c(Br)c1Br)c1c(Br)c(Br)c(Br)c(Br)c1Br. The molecule has 0 aromatic heterocycles. The Hall–Kier alpha value is 3.24. The summed E-state index contributed by atoms with van der Waals surface area (Å²) >= 11 is 36.6. The van der Waals surface area contributed by atoms with Crippen LogP contribution in [0.15, 0.2) is 44.7 Å². The first kappa shape index (κ1) is 24.5. The summed E-state index contributed by atoms with van der Waals surface area (Å²) < 4.78 is 10.0. The Morgan fingerprint density at radius 2 is 0.760 bits per heavy atom. The predicted molar refractivity (Wildman–Crippen MR) is 142 cm³/mol. The van der Waals surface area contributed by atoms with Gasteiger partial charge in [0.2, 0.25) is 0 Å². The van der Waals surface area contributed by atoms with Gasteiger partial charge in [0.05, 0.1) is 0 Å². The van der Waals surface area contributed by atoms with E-state index in [4.69, 9.17) is 0 Å². The zero-order valence-electron chi connectivity index (χ0n) is 12.1. The zero-order valence-corrected chi connectivity index (χ0v) is 27.9. The molecule has 25 heavy (non-hydrogen) atoms. The summed E-state index contributed by atoms with van der Waals surface area (Å²) in [5.74, 6) is 0.247. The van der Waals surface area contributed by atoms with Crippen LogP contribution in [0.2, 0.25) is 0 Å². The minimum absolute atomic E-state index is 0.247. The van der Waals surface area contributed by atoms with E-state index in [1.54, 1.807) is 0 Å². The average molecular weight is 985 g/mol. The fourth-order valence-corrected chi connectivity index (χ4v) is 9.60. The minimum atomic E-state index is 0.247. The van der Waals surface area contributed by atoms with Crippen LogP contribution >= 0.6 is 159 Å². The number of benzene rings is 2. The molecular weight excluding hydrogens is 979 g/mol. The van der Waals surface area contributed by atoms with Crippen LogP contribution in [0.1, 0.15) is 24.0 Å². The van der Waals surface area contributed by atoms with E-state index >= 15 is 0 Å². The molecule has 0 saturated heterocycles. The third-order valence-electron chi connectivity index (χ3n) is 3.55. The molecule has 10 heteroatoms. The van der Waals surface area contributed by atoms with Crippen molar-refractivity contribution in [2.24, 2.45) is 0 Å². The quantitative estimate of drug-likeness (QED) is 0.212. The van der Waals surface area contributed by atoms with Crippen molar-refractivity contribution in [2.75, 3.05) is 0 Å². The normalized spacial score (nSPS) is 12.6. The van der Waals surface area contributed by atoms with Crippen molar-refractivity contribution in [3.63, 3.8) is 0 Å². The molecule has 0 N–H and O–H groups in total. The van der Waals surface area contributed by atoms with E-state index in [-0.39, 0.29) is 5.92 Å². The fraction of sp³-hybridized carbons (Fsp3) is 0.200. The highest BCUT2D eigenvalue weighted by atomic mass is 79.9. The van der Waals surface area contributed by atoms with Gasteiger partial charge >= 0.3 is 0 Å². The van der Waals surface area contributed by atoms with Crippen LogP contribution in [0, 0.1) is 0 Å². The van der Waals surface area contributed by atoms with E-state index in [0.717, 1.165) is 51.1 Å². The predicted octanol–water partition coefficient (Wildman–Crippen LogP) is 11.7. The van der Waals surface area contributed by atoms with Crippen LogP contribution < -0.4 is 0 Å². The molecule has 2 aromatic rings. The van der Waals surface area contributed by atoms with Crippen molar-refractivity contribution in [3.8, 4) is 0 Å². The maximum atomic E-state index is 3.73. The van der Waals surface area contributed by atoms with Gasteiger partial charge in [0.1, 0.15) is 0 Å². The summed E-state index contributed by atoms with van der Waals surface area (Å²) in [6.45, 7) is 2.21. The molecule has 0 bridgehead atoms. The smallest absolute Gasteiger partial charge is 0.0482 e. The summed E-state index contributed by atoms with van der Waals surface area (Å²) in [6.07, 6.45) is 0.837. The van der Waals surface area contributed by atoms with Crippen molar-refractivity contribution in [2.45, 2.75) is 19.3 Å². The lowest BCUT2D eigenvalue weighted by atomic mass is 9.94. The first-order valence-electron chi connectivity index (χ1n) is 6.52. The molecule has 0 aliphatic rings. The average Bonchev–Trinajstić information content (AvgIpc) is 2.58. The summed E-state index contributed by atoms with van der Waals surface area (Å²) in [5, 5.41) is 0. The zero-order chi connectivity index (χ0) is 19.2. The molecule has 0 heterocycles. The number of halogens is 10. The Kier molecular flexibility index (Phi) is 9.83. The number of rotatable bonds is 3. The van der Waals surface area contributed by atoms with Crippen LogP contribution in [0.4, 0.5) is 0 Å². The maximum absolute atomic E-state index is 3.73. The molecule has 136 valence electrons. The third-order valence-corrected chi connectivity index (χ3v) is 16.0. The summed E-state index contributed by atoms with van der Waals surface area (Å²) in [6, 6.07) is 0. The summed E-state index contributed by atoms with van der Waals surface area (Å²) in [5.41, 5.74) is 2.37. The highest BCUT2D eigenvalue weighted by Crippen LogP contribution is 2.50. The second kappa shape index (κ2) is 10.0.